The van der Waals surface area contributed by atoms with Crippen LogP contribution in [0.1, 0.15) is 13.3 Å². The third-order valence-corrected chi connectivity index (χ3v) is 6.03. The Morgan fingerprint density at radius 1 is 0.912 bits per heavy atom. The second-order valence-electron chi connectivity index (χ2n) is 6.46. The molecule has 13 heteroatoms. The van der Waals surface area contributed by atoms with E-state index < -0.39 is 27.9 Å². The van der Waals surface area contributed by atoms with E-state index in [2.05, 4.69) is 30.4 Å². The van der Waals surface area contributed by atoms with Gasteiger partial charge in [-0.05, 0) is 36.4 Å². The molecule has 0 heterocycles. The van der Waals surface area contributed by atoms with Crippen molar-refractivity contribution in [3.8, 4) is 5.75 Å². The molecule has 2 rings (SSSR count). The summed E-state index contributed by atoms with van der Waals surface area (Å²) in [7, 11) is -0.366. The Morgan fingerprint density at radius 3 is 2.24 bits per heavy atom. The second kappa shape index (κ2) is 11.7. The molecule has 3 N–H and O–H groups in total. The molecule has 0 atom stereocenters. The van der Waals surface area contributed by atoms with E-state index in [0.717, 1.165) is 14.2 Å². The minimum atomic E-state index is -3.98. The lowest BCUT2D eigenvalue weighted by Crippen LogP contribution is -2.36. The van der Waals surface area contributed by atoms with Gasteiger partial charge in [-0.2, -0.15) is 0 Å². The Hall–Kier alpha value is -4.13. The van der Waals surface area contributed by atoms with Crippen LogP contribution in [0, 0.1) is 0 Å². The SMILES string of the molecule is CCC(=O)Nc1cc(S(=O)(=O)c2cccc(OC)c2)ccc1NC(=NC(=O)OC)NC(=O)OC. The summed E-state index contributed by atoms with van der Waals surface area (Å²) in [5.41, 5.74) is 0.186. The lowest BCUT2D eigenvalue weighted by atomic mass is 10.2. The summed E-state index contributed by atoms with van der Waals surface area (Å²) in [5.74, 6) is -0.433. The number of anilines is 2. The summed E-state index contributed by atoms with van der Waals surface area (Å²) in [4.78, 5) is 38.7. The Bertz CT molecular complexity index is 1210. The number of sulfone groups is 1. The maximum Gasteiger partial charge on any atom is 0.436 e. The van der Waals surface area contributed by atoms with Gasteiger partial charge in [0, 0.05) is 6.42 Å². The molecule has 0 radical (unpaired) electrons. The van der Waals surface area contributed by atoms with Gasteiger partial charge in [0.15, 0.2) is 0 Å². The zero-order chi connectivity index (χ0) is 25.3. The van der Waals surface area contributed by atoms with Crippen LogP contribution in [0.25, 0.3) is 0 Å². The third-order valence-electron chi connectivity index (χ3n) is 4.28. The van der Waals surface area contributed by atoms with E-state index in [1.165, 1.54) is 43.5 Å². The van der Waals surface area contributed by atoms with Crippen molar-refractivity contribution in [1.29, 1.82) is 0 Å². The fourth-order valence-corrected chi connectivity index (χ4v) is 3.87. The largest absolute Gasteiger partial charge is 0.497 e. The maximum absolute atomic E-state index is 13.2. The molecule has 0 aromatic heterocycles. The van der Waals surface area contributed by atoms with E-state index in [4.69, 9.17) is 4.74 Å². The molecule has 0 spiro atoms. The lowest BCUT2D eigenvalue weighted by molar-refractivity contribution is -0.115. The van der Waals surface area contributed by atoms with Crippen molar-refractivity contribution in [3.63, 3.8) is 0 Å². The molecule has 34 heavy (non-hydrogen) atoms. The molecule has 0 aliphatic rings. The van der Waals surface area contributed by atoms with Crippen LogP contribution in [0.5, 0.6) is 5.75 Å². The number of ether oxygens (including phenoxy) is 3. The number of aliphatic imine (C=N–C) groups is 1. The predicted molar refractivity (Wildman–Crippen MR) is 123 cm³/mol. The van der Waals surface area contributed by atoms with Gasteiger partial charge in [-0.3, -0.25) is 10.1 Å². The van der Waals surface area contributed by atoms with E-state index in [1.54, 1.807) is 13.0 Å². The van der Waals surface area contributed by atoms with Gasteiger partial charge >= 0.3 is 12.2 Å². The average Bonchev–Trinajstić information content (AvgIpc) is 2.84. The maximum atomic E-state index is 13.2. The van der Waals surface area contributed by atoms with E-state index >= 15 is 0 Å². The zero-order valence-electron chi connectivity index (χ0n) is 18.9. The first-order chi connectivity index (χ1) is 16.1. The van der Waals surface area contributed by atoms with Crippen LogP contribution in [0.3, 0.4) is 0 Å². The van der Waals surface area contributed by atoms with Crippen molar-refractivity contribution in [2.45, 2.75) is 23.1 Å². The summed E-state index contributed by atoms with van der Waals surface area (Å²) < 4.78 is 40.4. The molecule has 0 aliphatic heterocycles. The van der Waals surface area contributed by atoms with Gasteiger partial charge in [0.05, 0.1) is 42.5 Å². The van der Waals surface area contributed by atoms with Crippen LogP contribution in [0.4, 0.5) is 21.0 Å². The van der Waals surface area contributed by atoms with Crippen molar-refractivity contribution in [1.82, 2.24) is 5.32 Å². The first-order valence-corrected chi connectivity index (χ1v) is 11.2. The smallest absolute Gasteiger partial charge is 0.436 e. The van der Waals surface area contributed by atoms with Crippen LogP contribution >= 0.6 is 0 Å². The molecule has 0 bridgehead atoms. The first-order valence-electron chi connectivity index (χ1n) is 9.76. The van der Waals surface area contributed by atoms with Crippen molar-refractivity contribution in [2.24, 2.45) is 4.99 Å². The third kappa shape index (κ3) is 6.68. The van der Waals surface area contributed by atoms with Crippen LogP contribution < -0.4 is 20.7 Å². The van der Waals surface area contributed by atoms with E-state index in [0.29, 0.717) is 5.75 Å². The summed E-state index contributed by atoms with van der Waals surface area (Å²) in [6, 6.07) is 9.78. The Labute approximate surface area is 196 Å². The van der Waals surface area contributed by atoms with E-state index in [9.17, 15) is 22.8 Å². The zero-order valence-corrected chi connectivity index (χ0v) is 19.7. The molecule has 0 unspecified atom stereocenters. The Balaban J connectivity index is 2.54. The second-order valence-corrected chi connectivity index (χ2v) is 8.41. The van der Waals surface area contributed by atoms with E-state index in [1.807, 2.05) is 0 Å². The minimum Gasteiger partial charge on any atom is -0.497 e. The summed E-state index contributed by atoms with van der Waals surface area (Å²) in [6.45, 7) is 1.61. The molecule has 182 valence electrons. The number of nitrogens with one attached hydrogen (secondary N) is 3. The normalized spacial score (nSPS) is 11.2. The lowest BCUT2D eigenvalue weighted by Gasteiger charge is -2.16. The molecule has 0 saturated carbocycles. The summed E-state index contributed by atoms with van der Waals surface area (Å²) >= 11 is 0. The quantitative estimate of drug-likeness (QED) is 0.407. The molecule has 2 aromatic carbocycles. The highest BCUT2D eigenvalue weighted by Gasteiger charge is 2.21. The molecular formula is C21H24N4O8S. The highest BCUT2D eigenvalue weighted by Crippen LogP contribution is 2.30. The monoisotopic (exact) mass is 492 g/mol. The Morgan fingerprint density at radius 2 is 1.62 bits per heavy atom. The van der Waals surface area contributed by atoms with Gasteiger partial charge in [0.2, 0.25) is 21.7 Å². The van der Waals surface area contributed by atoms with Crippen molar-refractivity contribution in [3.05, 3.63) is 42.5 Å². The van der Waals surface area contributed by atoms with Gasteiger partial charge in [0.25, 0.3) is 0 Å². The van der Waals surface area contributed by atoms with Crippen LogP contribution in [-0.2, 0) is 24.1 Å². The summed E-state index contributed by atoms with van der Waals surface area (Å²) in [5, 5.41) is 7.42. The topological polar surface area (TPSA) is 161 Å². The number of nitrogens with zero attached hydrogens (tertiary/aromatic N) is 1. The highest BCUT2D eigenvalue weighted by atomic mass is 32.2. The molecule has 12 nitrogen and oxygen atoms in total. The average molecular weight is 493 g/mol. The molecule has 0 fully saturated rings. The van der Waals surface area contributed by atoms with Crippen LogP contribution in [-0.4, -0.2) is 53.8 Å². The number of amides is 3. The first kappa shape index (κ1) is 26.1. The number of alkyl carbamates (subject to hydrolysis) is 1. The summed E-state index contributed by atoms with van der Waals surface area (Å²) in [6.07, 6.45) is -1.86. The number of carbonyl (C=O) groups is 3. The number of benzene rings is 2. The number of rotatable bonds is 6. The van der Waals surface area contributed by atoms with Gasteiger partial charge in [-0.1, -0.05) is 13.0 Å². The number of methoxy groups -OCH3 is 3. The van der Waals surface area contributed by atoms with Gasteiger partial charge in [-0.15, -0.1) is 4.99 Å². The van der Waals surface area contributed by atoms with Gasteiger partial charge in [-0.25, -0.2) is 18.0 Å². The molecular weight excluding hydrogens is 468 g/mol. The van der Waals surface area contributed by atoms with Crippen molar-refractivity contribution >= 4 is 45.3 Å². The fourth-order valence-electron chi connectivity index (χ4n) is 2.55. The molecule has 2 aromatic rings. The van der Waals surface area contributed by atoms with E-state index in [-0.39, 0.29) is 33.5 Å². The minimum absolute atomic E-state index is 0.0133. The predicted octanol–water partition coefficient (Wildman–Crippen LogP) is 2.77. The fraction of sp³-hybridized carbons (Fsp3) is 0.238. The van der Waals surface area contributed by atoms with Crippen LogP contribution in [0.15, 0.2) is 57.2 Å². The number of guanidine groups is 1. The molecule has 0 saturated heterocycles. The van der Waals surface area contributed by atoms with Gasteiger partial charge < -0.3 is 24.8 Å². The van der Waals surface area contributed by atoms with Gasteiger partial charge in [0.1, 0.15) is 5.75 Å². The number of carbonyl (C=O) groups excluding carboxylic acids is 3. The molecule has 3 amide bonds. The highest BCUT2D eigenvalue weighted by molar-refractivity contribution is 7.91. The van der Waals surface area contributed by atoms with Crippen molar-refractivity contribution < 1.29 is 37.0 Å². The number of hydrogen-bond donors (Lipinski definition) is 3. The van der Waals surface area contributed by atoms with Crippen molar-refractivity contribution in [2.75, 3.05) is 32.0 Å². The standard InChI is InChI=1S/C21H24N4O8S/c1-5-18(26)22-17-12-15(34(29,30)14-8-6-7-13(11-14)31-2)9-10-16(17)23-19(24-20(27)32-3)25-21(28)33-4/h6-12H,5H2,1-4H3,(H,22,26)(H2,23,24,25,27,28). The number of hydrogen-bond acceptors (Lipinski definition) is 8. The Kier molecular flexibility index (Phi) is 8.95. The molecule has 0 aliphatic carbocycles. The van der Waals surface area contributed by atoms with Crippen LogP contribution in [0.2, 0.25) is 0 Å².